The van der Waals surface area contributed by atoms with E-state index in [9.17, 15) is 0 Å². The summed E-state index contributed by atoms with van der Waals surface area (Å²) in [5, 5.41) is 4.44. The van der Waals surface area contributed by atoms with Crippen molar-refractivity contribution in [3.8, 4) is 0 Å². The van der Waals surface area contributed by atoms with Gasteiger partial charge in [-0.15, -0.1) is 0 Å². The van der Waals surface area contributed by atoms with Gasteiger partial charge >= 0.3 is 0 Å². The maximum Gasteiger partial charge on any atom is 0.000955 e. The largest absolute Gasteiger partial charge is 0.0670 e. The van der Waals surface area contributed by atoms with Gasteiger partial charge in [0.05, 0.1) is 0 Å². The molecule has 1 heterocycles. The van der Waals surface area contributed by atoms with Crippen molar-refractivity contribution in [2.24, 2.45) is 0 Å². The Hall–Kier alpha value is -2.04. The minimum absolute atomic E-state index is 0.505. The van der Waals surface area contributed by atoms with E-state index in [0.717, 1.165) is 0 Å². The van der Waals surface area contributed by atoms with Gasteiger partial charge in [-0.3, -0.25) is 0 Å². The molecule has 0 aromatic heterocycles. The molecular weight excluding hydrogens is 283 g/mol. The van der Waals surface area contributed by atoms with E-state index in [-0.39, 0.29) is 0 Å². The van der Waals surface area contributed by atoms with E-state index in [1.54, 1.807) is 0 Å². The average Bonchev–Trinajstić information content (AvgIpc) is 2.91. The third-order valence-electron chi connectivity index (χ3n) is 4.58. The van der Waals surface area contributed by atoms with Crippen molar-refractivity contribution in [1.82, 2.24) is 0 Å². The predicted molar refractivity (Wildman–Crippen MR) is 99.6 cm³/mol. The highest BCUT2D eigenvalue weighted by molar-refractivity contribution is 7.94. The molecule has 0 nitrogen and oxygen atoms in total. The van der Waals surface area contributed by atoms with Crippen molar-refractivity contribution in [3.05, 3.63) is 90.5 Å². The van der Waals surface area contributed by atoms with Crippen LogP contribution in [0.2, 0.25) is 0 Å². The molecule has 3 aromatic carbocycles. The van der Waals surface area contributed by atoms with E-state index in [1.807, 2.05) is 0 Å². The molecule has 1 unspecified atom stereocenters. The molecule has 0 spiro atoms. The van der Waals surface area contributed by atoms with Gasteiger partial charge < -0.3 is 0 Å². The molecule has 0 N–H and O–H groups in total. The van der Waals surface area contributed by atoms with E-state index in [0.29, 0.717) is 5.92 Å². The van der Waals surface area contributed by atoms with Crippen LogP contribution < -0.4 is 15.9 Å². The molecule has 1 aliphatic heterocycles. The molecule has 0 aliphatic carbocycles. The normalized spacial score (nSPS) is 18.5. The molecule has 0 saturated carbocycles. The van der Waals surface area contributed by atoms with Crippen molar-refractivity contribution >= 4 is 28.6 Å². The summed E-state index contributed by atoms with van der Waals surface area (Å²) in [5.41, 5.74) is 1.49. The molecule has 1 heteroatoms. The zero-order valence-electron chi connectivity index (χ0n) is 12.7. The predicted octanol–water partition coefficient (Wildman–Crippen LogP) is 3.90. The minimum Gasteiger partial charge on any atom is -0.0670 e. The SMILES string of the molecule is CC1C=P(c2ccccc2)(c2ccccc2)c2ccccc21. The maximum absolute atomic E-state index is 2.61. The molecule has 0 amide bonds. The second kappa shape index (κ2) is 5.30. The summed E-state index contributed by atoms with van der Waals surface area (Å²) in [7, 11) is 0. The molecule has 1 atom stereocenters. The summed E-state index contributed by atoms with van der Waals surface area (Å²) >= 11 is 0. The van der Waals surface area contributed by atoms with Gasteiger partial charge in [0, 0.05) is 5.92 Å². The van der Waals surface area contributed by atoms with Gasteiger partial charge in [0.15, 0.2) is 0 Å². The van der Waals surface area contributed by atoms with Crippen molar-refractivity contribution in [1.29, 1.82) is 0 Å². The van der Waals surface area contributed by atoms with E-state index < -0.39 is 6.89 Å². The number of hydrogen-bond acceptors (Lipinski definition) is 0. The smallest absolute Gasteiger partial charge is 0.000955 e. The number of fused-ring (bicyclic) bond motifs is 1. The highest BCUT2D eigenvalue weighted by atomic mass is 31.2. The lowest BCUT2D eigenvalue weighted by Crippen LogP contribution is -2.25. The topological polar surface area (TPSA) is 0 Å². The lowest BCUT2D eigenvalue weighted by atomic mass is 10.0. The van der Waals surface area contributed by atoms with Crippen LogP contribution in [-0.4, -0.2) is 5.80 Å². The minimum atomic E-state index is -1.62. The zero-order valence-corrected chi connectivity index (χ0v) is 13.6. The lowest BCUT2D eigenvalue weighted by Gasteiger charge is -2.26. The second-order valence-electron chi connectivity index (χ2n) is 5.89. The summed E-state index contributed by atoms with van der Waals surface area (Å²) in [6.45, 7) is 0.703. The molecule has 0 fully saturated rings. The van der Waals surface area contributed by atoms with Crippen LogP contribution in [0.3, 0.4) is 0 Å². The van der Waals surface area contributed by atoms with Gasteiger partial charge in [0.25, 0.3) is 0 Å². The van der Waals surface area contributed by atoms with Crippen LogP contribution >= 0.6 is 6.89 Å². The van der Waals surface area contributed by atoms with Crippen molar-refractivity contribution in [2.75, 3.05) is 0 Å². The first-order valence-electron chi connectivity index (χ1n) is 7.78. The highest BCUT2D eigenvalue weighted by Gasteiger charge is 2.33. The van der Waals surface area contributed by atoms with Crippen LogP contribution in [0.5, 0.6) is 0 Å². The Morgan fingerprint density at radius 3 is 1.73 bits per heavy atom. The molecule has 0 bridgehead atoms. The Balaban J connectivity index is 2.11. The van der Waals surface area contributed by atoms with Gasteiger partial charge in [-0.05, 0) is 28.4 Å². The number of rotatable bonds is 2. The van der Waals surface area contributed by atoms with Crippen LogP contribution in [-0.2, 0) is 0 Å². The Labute approximate surface area is 132 Å². The van der Waals surface area contributed by atoms with E-state index in [4.69, 9.17) is 0 Å². The molecule has 3 aromatic rings. The number of hydrogen-bond donors (Lipinski definition) is 0. The fraction of sp³-hybridized carbons (Fsp3) is 0.0952. The Bertz CT molecular complexity index is 804. The number of benzene rings is 3. The third kappa shape index (κ3) is 1.91. The van der Waals surface area contributed by atoms with Crippen LogP contribution in [0.1, 0.15) is 18.4 Å². The fourth-order valence-electron chi connectivity index (χ4n) is 3.62. The molecular formula is C21H19P. The van der Waals surface area contributed by atoms with Crippen molar-refractivity contribution < 1.29 is 0 Å². The van der Waals surface area contributed by atoms with Crippen LogP contribution in [0.15, 0.2) is 84.9 Å². The summed E-state index contributed by atoms with van der Waals surface area (Å²) in [5.74, 6) is 3.12. The molecule has 1 aliphatic rings. The average molecular weight is 302 g/mol. The maximum atomic E-state index is 2.61. The Morgan fingerprint density at radius 2 is 1.14 bits per heavy atom. The van der Waals surface area contributed by atoms with Crippen LogP contribution in [0.25, 0.3) is 0 Å². The monoisotopic (exact) mass is 302 g/mol. The quantitative estimate of drug-likeness (QED) is 0.630. The zero-order chi connectivity index (χ0) is 15.0. The van der Waals surface area contributed by atoms with Crippen molar-refractivity contribution in [2.45, 2.75) is 12.8 Å². The van der Waals surface area contributed by atoms with Gasteiger partial charge in [-0.2, -0.15) is 0 Å². The molecule has 22 heavy (non-hydrogen) atoms. The van der Waals surface area contributed by atoms with E-state index >= 15 is 0 Å². The Kier molecular flexibility index (Phi) is 3.28. The Morgan fingerprint density at radius 1 is 0.636 bits per heavy atom. The second-order valence-corrected chi connectivity index (χ2v) is 9.15. The first-order chi connectivity index (χ1) is 10.8. The summed E-state index contributed by atoms with van der Waals surface area (Å²) in [4.78, 5) is 0. The van der Waals surface area contributed by atoms with Crippen LogP contribution in [0, 0.1) is 0 Å². The van der Waals surface area contributed by atoms with Gasteiger partial charge in [-0.1, -0.05) is 97.6 Å². The van der Waals surface area contributed by atoms with Crippen molar-refractivity contribution in [3.63, 3.8) is 0 Å². The van der Waals surface area contributed by atoms with Gasteiger partial charge in [0.1, 0.15) is 0 Å². The van der Waals surface area contributed by atoms with Crippen LogP contribution in [0.4, 0.5) is 0 Å². The van der Waals surface area contributed by atoms with Gasteiger partial charge in [0.2, 0.25) is 0 Å². The molecule has 0 radical (unpaired) electrons. The lowest BCUT2D eigenvalue weighted by molar-refractivity contribution is 1.08. The summed E-state index contributed by atoms with van der Waals surface area (Å²) < 4.78 is 0. The molecule has 4 rings (SSSR count). The standard InChI is InChI=1S/C21H19P/c1-17-16-22(18-10-4-2-5-11-18,19-12-6-3-7-13-19)21-15-9-8-14-20(17)21/h2-17H,1H3. The highest BCUT2D eigenvalue weighted by Crippen LogP contribution is 2.50. The molecule has 108 valence electrons. The van der Waals surface area contributed by atoms with E-state index in [2.05, 4.69) is 97.6 Å². The summed E-state index contributed by atoms with van der Waals surface area (Å²) in [6.07, 6.45) is 0. The van der Waals surface area contributed by atoms with E-state index in [1.165, 1.54) is 21.5 Å². The first kappa shape index (κ1) is 13.6. The van der Waals surface area contributed by atoms with Gasteiger partial charge in [-0.25, -0.2) is 0 Å². The molecule has 0 saturated heterocycles. The first-order valence-corrected chi connectivity index (χ1v) is 9.64. The third-order valence-corrected chi connectivity index (χ3v) is 8.87. The summed E-state index contributed by atoms with van der Waals surface area (Å²) in [6, 6.07) is 31.1. The fourth-order valence-corrected chi connectivity index (χ4v) is 8.10.